The lowest BCUT2D eigenvalue weighted by atomic mass is 10.1. The van der Waals surface area contributed by atoms with Gasteiger partial charge in [-0.05, 0) is 37.3 Å². The first kappa shape index (κ1) is 13.2. The van der Waals surface area contributed by atoms with Crippen LogP contribution in [0.1, 0.15) is 17.3 Å². The number of nitrogens with one attached hydrogen (secondary N) is 2. The maximum absolute atomic E-state index is 12.3. The third-order valence-electron chi connectivity index (χ3n) is 3.14. The monoisotopic (exact) mass is 281 g/mol. The average Bonchev–Trinajstić information content (AvgIpc) is 2.98. The standard InChI is InChI=1S/C16H15N3O2/c1-2-21-13-8-6-12(7-9-13)18-16(20)14-5-3-4-11-10-17-19-15(11)14/h3-10H,2H2,1H3,(H,17,19)(H,18,20). The maximum Gasteiger partial charge on any atom is 0.257 e. The van der Waals surface area contributed by atoms with Gasteiger partial charge in [-0.25, -0.2) is 0 Å². The second-order valence-electron chi connectivity index (χ2n) is 4.55. The molecule has 5 heteroatoms. The number of H-pyrrole nitrogens is 1. The van der Waals surface area contributed by atoms with Gasteiger partial charge in [0, 0.05) is 11.1 Å². The number of carbonyl (C=O) groups is 1. The molecule has 1 amide bonds. The SMILES string of the molecule is CCOc1ccc(NC(=O)c2cccc3cn[nH]c23)cc1. The van der Waals surface area contributed by atoms with Crippen LogP contribution in [-0.2, 0) is 0 Å². The van der Waals surface area contributed by atoms with Gasteiger partial charge in [-0.15, -0.1) is 0 Å². The fourth-order valence-corrected chi connectivity index (χ4v) is 2.16. The van der Waals surface area contributed by atoms with Gasteiger partial charge in [-0.3, -0.25) is 9.89 Å². The van der Waals surface area contributed by atoms with Crippen LogP contribution >= 0.6 is 0 Å². The minimum atomic E-state index is -0.172. The number of benzene rings is 2. The zero-order chi connectivity index (χ0) is 14.7. The summed E-state index contributed by atoms with van der Waals surface area (Å²) in [4.78, 5) is 12.3. The molecule has 0 aliphatic rings. The number of fused-ring (bicyclic) bond motifs is 1. The highest BCUT2D eigenvalue weighted by Gasteiger charge is 2.11. The van der Waals surface area contributed by atoms with E-state index in [0.29, 0.717) is 12.2 Å². The number of aromatic nitrogens is 2. The van der Waals surface area contributed by atoms with E-state index < -0.39 is 0 Å². The topological polar surface area (TPSA) is 67.0 Å². The van der Waals surface area contributed by atoms with Gasteiger partial charge in [-0.1, -0.05) is 12.1 Å². The van der Waals surface area contributed by atoms with Gasteiger partial charge in [0.05, 0.1) is 23.9 Å². The minimum Gasteiger partial charge on any atom is -0.494 e. The van der Waals surface area contributed by atoms with Crippen molar-refractivity contribution in [3.8, 4) is 5.75 Å². The van der Waals surface area contributed by atoms with Crippen LogP contribution in [0.3, 0.4) is 0 Å². The Morgan fingerprint density at radius 3 is 2.81 bits per heavy atom. The Morgan fingerprint density at radius 2 is 2.05 bits per heavy atom. The van der Waals surface area contributed by atoms with Crippen LogP contribution in [0.2, 0.25) is 0 Å². The highest BCUT2D eigenvalue weighted by atomic mass is 16.5. The number of para-hydroxylation sites is 1. The molecular formula is C16H15N3O2. The number of aromatic amines is 1. The first-order valence-corrected chi connectivity index (χ1v) is 6.74. The second kappa shape index (κ2) is 5.66. The van der Waals surface area contributed by atoms with Crippen LogP contribution in [0.25, 0.3) is 10.9 Å². The summed E-state index contributed by atoms with van der Waals surface area (Å²) in [6, 6.07) is 12.8. The van der Waals surface area contributed by atoms with Gasteiger partial charge in [0.1, 0.15) is 5.75 Å². The van der Waals surface area contributed by atoms with Crippen LogP contribution in [0.4, 0.5) is 5.69 Å². The molecule has 106 valence electrons. The van der Waals surface area contributed by atoms with Gasteiger partial charge in [0.25, 0.3) is 5.91 Å². The lowest BCUT2D eigenvalue weighted by Gasteiger charge is -2.07. The first-order chi connectivity index (χ1) is 10.3. The predicted octanol–water partition coefficient (Wildman–Crippen LogP) is 3.21. The normalized spacial score (nSPS) is 10.5. The number of carbonyl (C=O) groups excluding carboxylic acids is 1. The van der Waals surface area contributed by atoms with E-state index in [1.807, 2.05) is 43.3 Å². The zero-order valence-corrected chi connectivity index (χ0v) is 11.6. The number of ether oxygens (including phenoxy) is 1. The Bertz CT molecular complexity index is 763. The molecule has 0 bridgehead atoms. The minimum absolute atomic E-state index is 0.172. The zero-order valence-electron chi connectivity index (χ0n) is 11.6. The molecule has 1 heterocycles. The van der Waals surface area contributed by atoms with Crippen molar-refractivity contribution in [2.24, 2.45) is 0 Å². The van der Waals surface area contributed by atoms with Crippen molar-refractivity contribution in [3.63, 3.8) is 0 Å². The van der Waals surface area contributed by atoms with Crippen molar-refractivity contribution in [3.05, 3.63) is 54.2 Å². The van der Waals surface area contributed by atoms with E-state index in [0.717, 1.165) is 22.3 Å². The Hall–Kier alpha value is -2.82. The third-order valence-corrected chi connectivity index (χ3v) is 3.14. The van der Waals surface area contributed by atoms with Crippen molar-refractivity contribution < 1.29 is 9.53 Å². The van der Waals surface area contributed by atoms with Crippen molar-refractivity contribution in [1.82, 2.24) is 10.2 Å². The molecule has 0 fully saturated rings. The summed E-state index contributed by atoms with van der Waals surface area (Å²) in [6.45, 7) is 2.55. The number of rotatable bonds is 4. The highest BCUT2D eigenvalue weighted by Crippen LogP contribution is 2.19. The van der Waals surface area contributed by atoms with Gasteiger partial charge >= 0.3 is 0 Å². The molecule has 0 aliphatic heterocycles. The summed E-state index contributed by atoms with van der Waals surface area (Å²) in [7, 11) is 0. The molecule has 2 aromatic carbocycles. The molecule has 0 aliphatic carbocycles. The maximum atomic E-state index is 12.3. The van der Waals surface area contributed by atoms with Gasteiger partial charge < -0.3 is 10.1 Å². The molecule has 0 saturated carbocycles. The first-order valence-electron chi connectivity index (χ1n) is 6.74. The van der Waals surface area contributed by atoms with Gasteiger partial charge in [0.2, 0.25) is 0 Å². The molecule has 2 N–H and O–H groups in total. The van der Waals surface area contributed by atoms with Crippen molar-refractivity contribution in [2.45, 2.75) is 6.92 Å². The largest absolute Gasteiger partial charge is 0.494 e. The van der Waals surface area contributed by atoms with E-state index in [9.17, 15) is 4.79 Å². The molecule has 0 saturated heterocycles. The average molecular weight is 281 g/mol. The van der Waals surface area contributed by atoms with Crippen LogP contribution < -0.4 is 10.1 Å². The summed E-state index contributed by atoms with van der Waals surface area (Å²) < 4.78 is 5.37. The van der Waals surface area contributed by atoms with E-state index in [4.69, 9.17) is 4.74 Å². The third kappa shape index (κ3) is 2.72. The second-order valence-corrected chi connectivity index (χ2v) is 4.55. The number of nitrogens with zero attached hydrogens (tertiary/aromatic N) is 1. The van der Waals surface area contributed by atoms with Crippen molar-refractivity contribution in [2.75, 3.05) is 11.9 Å². The molecule has 5 nitrogen and oxygen atoms in total. The molecule has 21 heavy (non-hydrogen) atoms. The fraction of sp³-hybridized carbons (Fsp3) is 0.125. The van der Waals surface area contributed by atoms with Crippen LogP contribution in [0, 0.1) is 0 Å². The highest BCUT2D eigenvalue weighted by molar-refractivity contribution is 6.11. The Balaban J connectivity index is 1.81. The molecule has 0 unspecified atom stereocenters. The lowest BCUT2D eigenvalue weighted by Crippen LogP contribution is -2.12. The number of hydrogen-bond acceptors (Lipinski definition) is 3. The Kier molecular flexibility index (Phi) is 3.55. The molecule has 0 radical (unpaired) electrons. The van der Waals surface area contributed by atoms with Crippen LogP contribution in [0.15, 0.2) is 48.7 Å². The Labute approximate surface area is 121 Å². The van der Waals surface area contributed by atoms with E-state index >= 15 is 0 Å². The predicted molar refractivity (Wildman–Crippen MR) is 81.7 cm³/mol. The van der Waals surface area contributed by atoms with E-state index in [2.05, 4.69) is 15.5 Å². The summed E-state index contributed by atoms with van der Waals surface area (Å²) in [6.07, 6.45) is 1.70. The summed E-state index contributed by atoms with van der Waals surface area (Å²) >= 11 is 0. The fourth-order valence-electron chi connectivity index (χ4n) is 2.16. The molecular weight excluding hydrogens is 266 g/mol. The van der Waals surface area contributed by atoms with E-state index in [1.165, 1.54) is 0 Å². The number of amides is 1. The van der Waals surface area contributed by atoms with Gasteiger partial charge in [0.15, 0.2) is 0 Å². The number of anilines is 1. The molecule has 1 aromatic heterocycles. The molecule has 0 atom stereocenters. The van der Waals surface area contributed by atoms with Crippen LogP contribution in [-0.4, -0.2) is 22.7 Å². The summed E-state index contributed by atoms with van der Waals surface area (Å²) in [5.74, 6) is 0.611. The lowest BCUT2D eigenvalue weighted by molar-refractivity contribution is 0.102. The van der Waals surface area contributed by atoms with E-state index in [-0.39, 0.29) is 5.91 Å². The van der Waals surface area contributed by atoms with E-state index in [1.54, 1.807) is 12.3 Å². The Morgan fingerprint density at radius 1 is 1.24 bits per heavy atom. The quantitative estimate of drug-likeness (QED) is 0.771. The smallest absolute Gasteiger partial charge is 0.257 e. The summed E-state index contributed by atoms with van der Waals surface area (Å²) in [5, 5.41) is 10.6. The molecule has 3 rings (SSSR count). The van der Waals surface area contributed by atoms with Crippen LogP contribution in [0.5, 0.6) is 5.75 Å². The summed E-state index contributed by atoms with van der Waals surface area (Å²) in [5.41, 5.74) is 2.03. The number of hydrogen-bond donors (Lipinski definition) is 2. The van der Waals surface area contributed by atoms with Gasteiger partial charge in [-0.2, -0.15) is 5.10 Å². The molecule has 3 aromatic rings. The van der Waals surface area contributed by atoms with Crippen molar-refractivity contribution in [1.29, 1.82) is 0 Å². The van der Waals surface area contributed by atoms with Crippen molar-refractivity contribution >= 4 is 22.5 Å². The molecule has 0 spiro atoms.